The highest BCUT2D eigenvalue weighted by molar-refractivity contribution is 5.88. The quantitative estimate of drug-likeness (QED) is 0.876. The maximum atomic E-state index is 11.2. The molecule has 4 nitrogen and oxygen atoms in total. The summed E-state index contributed by atoms with van der Waals surface area (Å²) in [6.07, 6.45) is 7.49. The molecule has 0 saturated heterocycles. The minimum absolute atomic E-state index is 0.213. The normalized spacial score (nSPS) is 17.6. The van der Waals surface area contributed by atoms with Gasteiger partial charge in [0, 0.05) is 18.2 Å². The molecule has 1 aliphatic carbocycles. The van der Waals surface area contributed by atoms with E-state index < -0.39 is 5.97 Å². The number of aromatic nitrogens is 2. The number of carboxylic acids is 1. The average Bonchev–Trinajstić information content (AvgIpc) is 2.75. The molecule has 0 atom stereocenters. The zero-order chi connectivity index (χ0) is 12.4. The summed E-state index contributed by atoms with van der Waals surface area (Å²) >= 11 is 0. The molecule has 1 N–H and O–H groups in total. The first kappa shape index (κ1) is 12.1. The highest BCUT2D eigenvalue weighted by Crippen LogP contribution is 2.33. The molecule has 1 aliphatic rings. The van der Waals surface area contributed by atoms with Crippen molar-refractivity contribution in [2.24, 2.45) is 0 Å². The van der Waals surface area contributed by atoms with Gasteiger partial charge in [-0.2, -0.15) is 5.10 Å². The molecule has 2 rings (SSSR count). The van der Waals surface area contributed by atoms with Gasteiger partial charge < -0.3 is 5.11 Å². The molecule has 1 fully saturated rings. The van der Waals surface area contributed by atoms with E-state index >= 15 is 0 Å². The van der Waals surface area contributed by atoms with Gasteiger partial charge in [0.25, 0.3) is 0 Å². The summed E-state index contributed by atoms with van der Waals surface area (Å²) < 4.78 is 1.77. The van der Waals surface area contributed by atoms with E-state index in [2.05, 4.69) is 5.10 Å². The van der Waals surface area contributed by atoms with Gasteiger partial charge in [0.15, 0.2) is 0 Å². The number of rotatable bonds is 3. The molecule has 0 spiro atoms. The Hall–Kier alpha value is -1.32. The van der Waals surface area contributed by atoms with Gasteiger partial charge in [-0.15, -0.1) is 0 Å². The second-order valence-electron chi connectivity index (χ2n) is 5.14. The van der Waals surface area contributed by atoms with Crippen LogP contribution in [0.15, 0.2) is 6.20 Å². The fourth-order valence-corrected chi connectivity index (χ4v) is 2.51. The minimum Gasteiger partial charge on any atom is -0.478 e. The number of carboxylic acid groups (broad SMARTS) is 1. The van der Waals surface area contributed by atoms with E-state index in [1.165, 1.54) is 19.3 Å². The Labute approximate surface area is 102 Å². The smallest absolute Gasteiger partial charge is 0.339 e. The van der Waals surface area contributed by atoms with Crippen molar-refractivity contribution in [3.8, 4) is 0 Å². The molecular formula is C13H20N2O2. The van der Waals surface area contributed by atoms with Crippen molar-refractivity contribution in [1.29, 1.82) is 0 Å². The van der Waals surface area contributed by atoms with E-state index in [1.54, 1.807) is 10.9 Å². The zero-order valence-electron chi connectivity index (χ0n) is 10.5. The molecule has 0 radical (unpaired) electrons. The van der Waals surface area contributed by atoms with Crippen LogP contribution in [0.1, 0.15) is 74.0 Å². The Bertz CT molecular complexity index is 404. The highest BCUT2D eigenvalue weighted by atomic mass is 16.4. The third-order valence-electron chi connectivity index (χ3n) is 3.51. The van der Waals surface area contributed by atoms with Crippen LogP contribution in [0.5, 0.6) is 0 Å². The second kappa shape index (κ2) is 4.90. The van der Waals surface area contributed by atoms with E-state index in [9.17, 15) is 9.90 Å². The molecule has 4 heteroatoms. The van der Waals surface area contributed by atoms with Crippen LogP contribution in [0.4, 0.5) is 0 Å². The molecule has 0 bridgehead atoms. The van der Waals surface area contributed by atoms with E-state index in [0.717, 1.165) is 18.5 Å². The lowest BCUT2D eigenvalue weighted by Gasteiger charge is -2.20. The number of hydrogen-bond donors (Lipinski definition) is 1. The second-order valence-corrected chi connectivity index (χ2v) is 5.14. The lowest BCUT2D eigenvalue weighted by atomic mass is 9.85. The molecule has 1 saturated carbocycles. The van der Waals surface area contributed by atoms with Crippen molar-refractivity contribution in [2.45, 2.75) is 57.9 Å². The van der Waals surface area contributed by atoms with Gasteiger partial charge in [0.05, 0.1) is 5.69 Å². The first-order chi connectivity index (χ1) is 8.09. The van der Waals surface area contributed by atoms with Gasteiger partial charge in [0.2, 0.25) is 0 Å². The zero-order valence-corrected chi connectivity index (χ0v) is 10.5. The van der Waals surface area contributed by atoms with Crippen LogP contribution in [0.25, 0.3) is 0 Å². The summed E-state index contributed by atoms with van der Waals surface area (Å²) in [4.78, 5) is 11.2. The molecule has 0 amide bonds. The predicted octanol–water partition coefficient (Wildman–Crippen LogP) is 3.21. The fourth-order valence-electron chi connectivity index (χ4n) is 2.51. The summed E-state index contributed by atoms with van der Waals surface area (Å²) in [5.74, 6) is -0.507. The Morgan fingerprint density at radius 3 is 2.59 bits per heavy atom. The van der Waals surface area contributed by atoms with Gasteiger partial charge in [-0.1, -0.05) is 19.3 Å². The van der Waals surface area contributed by atoms with E-state index in [0.29, 0.717) is 11.5 Å². The fraction of sp³-hybridized carbons (Fsp3) is 0.692. The molecule has 1 heterocycles. The molecule has 94 valence electrons. The third-order valence-corrected chi connectivity index (χ3v) is 3.51. The van der Waals surface area contributed by atoms with Crippen molar-refractivity contribution < 1.29 is 9.90 Å². The molecule has 0 aromatic carbocycles. The van der Waals surface area contributed by atoms with E-state index in [4.69, 9.17) is 0 Å². The lowest BCUT2D eigenvalue weighted by Crippen LogP contribution is -2.10. The van der Waals surface area contributed by atoms with Crippen molar-refractivity contribution in [1.82, 2.24) is 9.78 Å². The minimum atomic E-state index is -0.850. The van der Waals surface area contributed by atoms with Gasteiger partial charge >= 0.3 is 5.97 Å². The highest BCUT2D eigenvalue weighted by Gasteiger charge is 2.25. The maximum Gasteiger partial charge on any atom is 0.339 e. The Kier molecular flexibility index (Phi) is 3.50. The van der Waals surface area contributed by atoms with Crippen LogP contribution in [0, 0.1) is 0 Å². The molecule has 1 aromatic heterocycles. The average molecular weight is 236 g/mol. The maximum absolute atomic E-state index is 11.2. The summed E-state index contributed by atoms with van der Waals surface area (Å²) in [5, 5.41) is 13.7. The largest absolute Gasteiger partial charge is 0.478 e. The SMILES string of the molecule is CC(C)n1cc(C(=O)O)c(C2CCCCC2)n1. The van der Waals surface area contributed by atoms with Crippen LogP contribution >= 0.6 is 0 Å². The van der Waals surface area contributed by atoms with Crippen LogP contribution in [0.3, 0.4) is 0 Å². The molecule has 0 unspecified atom stereocenters. The van der Waals surface area contributed by atoms with Crippen LogP contribution in [-0.4, -0.2) is 20.9 Å². The first-order valence-corrected chi connectivity index (χ1v) is 6.42. The Morgan fingerprint density at radius 1 is 1.41 bits per heavy atom. The Morgan fingerprint density at radius 2 is 2.06 bits per heavy atom. The summed E-state index contributed by atoms with van der Waals surface area (Å²) in [6.45, 7) is 4.03. The number of carbonyl (C=O) groups is 1. The number of aromatic carboxylic acids is 1. The van der Waals surface area contributed by atoms with Crippen LogP contribution < -0.4 is 0 Å². The van der Waals surface area contributed by atoms with E-state index in [1.807, 2.05) is 13.8 Å². The summed E-state index contributed by atoms with van der Waals surface area (Å²) in [7, 11) is 0. The molecule has 1 aromatic rings. The molecule has 17 heavy (non-hydrogen) atoms. The number of hydrogen-bond acceptors (Lipinski definition) is 2. The van der Waals surface area contributed by atoms with Crippen LogP contribution in [-0.2, 0) is 0 Å². The monoisotopic (exact) mass is 236 g/mol. The topological polar surface area (TPSA) is 55.1 Å². The number of nitrogens with zero attached hydrogens (tertiary/aromatic N) is 2. The van der Waals surface area contributed by atoms with Gasteiger partial charge in [-0.05, 0) is 26.7 Å². The van der Waals surface area contributed by atoms with Crippen molar-refractivity contribution in [3.63, 3.8) is 0 Å². The van der Waals surface area contributed by atoms with Gasteiger partial charge in [-0.3, -0.25) is 4.68 Å². The van der Waals surface area contributed by atoms with Crippen LogP contribution in [0.2, 0.25) is 0 Å². The Balaban J connectivity index is 2.32. The van der Waals surface area contributed by atoms with Gasteiger partial charge in [0.1, 0.15) is 5.56 Å². The predicted molar refractivity (Wildman–Crippen MR) is 65.4 cm³/mol. The van der Waals surface area contributed by atoms with Crippen molar-refractivity contribution in [2.75, 3.05) is 0 Å². The van der Waals surface area contributed by atoms with Gasteiger partial charge in [-0.25, -0.2) is 4.79 Å². The summed E-state index contributed by atoms with van der Waals surface area (Å²) in [6, 6.07) is 0.213. The van der Waals surface area contributed by atoms with Crippen molar-refractivity contribution in [3.05, 3.63) is 17.5 Å². The standard InChI is InChI=1S/C13H20N2O2/c1-9(2)15-8-11(13(16)17)12(14-15)10-6-4-3-5-7-10/h8-10H,3-7H2,1-2H3,(H,16,17). The summed E-state index contributed by atoms with van der Waals surface area (Å²) in [5.41, 5.74) is 1.19. The van der Waals surface area contributed by atoms with E-state index in [-0.39, 0.29) is 6.04 Å². The molecule has 0 aliphatic heterocycles. The molecular weight excluding hydrogens is 216 g/mol. The first-order valence-electron chi connectivity index (χ1n) is 6.42. The third kappa shape index (κ3) is 2.51. The lowest BCUT2D eigenvalue weighted by molar-refractivity contribution is 0.0694. The van der Waals surface area contributed by atoms with Crippen molar-refractivity contribution >= 4 is 5.97 Å².